The highest BCUT2D eigenvalue weighted by Crippen LogP contribution is 2.54. The Hall–Kier alpha value is -1.22. The van der Waals surface area contributed by atoms with E-state index in [1.807, 2.05) is 0 Å². The van der Waals surface area contributed by atoms with E-state index in [9.17, 15) is 0 Å². The minimum Gasteiger partial charge on any atom is -0.488 e. The first kappa shape index (κ1) is 13.7. The molecule has 0 radical (unpaired) electrons. The zero-order valence-corrected chi connectivity index (χ0v) is 12.7. The SMILES string of the molecule is C=C1OCC(N2C(=C)C3(CCC(N)CC3)C[C@@H]2C)=C1C. The van der Waals surface area contributed by atoms with Gasteiger partial charge in [0.15, 0.2) is 0 Å². The fourth-order valence-corrected chi connectivity index (χ4v) is 4.19. The Labute approximate surface area is 122 Å². The normalized spacial score (nSPS) is 38.0. The topological polar surface area (TPSA) is 38.5 Å². The van der Waals surface area contributed by atoms with Gasteiger partial charge in [-0.25, -0.2) is 0 Å². The second kappa shape index (κ2) is 4.66. The van der Waals surface area contributed by atoms with Gasteiger partial charge in [0.2, 0.25) is 0 Å². The summed E-state index contributed by atoms with van der Waals surface area (Å²) >= 11 is 0. The van der Waals surface area contributed by atoms with Gasteiger partial charge in [-0.2, -0.15) is 0 Å². The van der Waals surface area contributed by atoms with E-state index in [0.29, 0.717) is 18.7 Å². The highest BCUT2D eigenvalue weighted by Gasteiger charge is 2.48. The number of rotatable bonds is 1. The highest BCUT2D eigenvalue weighted by molar-refractivity contribution is 5.37. The molecule has 110 valence electrons. The van der Waals surface area contributed by atoms with Crippen molar-refractivity contribution in [2.24, 2.45) is 11.1 Å². The van der Waals surface area contributed by atoms with E-state index < -0.39 is 0 Å². The summed E-state index contributed by atoms with van der Waals surface area (Å²) in [6.45, 7) is 13.5. The maximum Gasteiger partial charge on any atom is 0.129 e. The van der Waals surface area contributed by atoms with E-state index in [2.05, 4.69) is 31.9 Å². The average Bonchev–Trinajstić information content (AvgIpc) is 2.85. The molecule has 0 aromatic heterocycles. The molecule has 3 rings (SSSR count). The third-order valence-electron chi connectivity index (χ3n) is 5.54. The zero-order chi connectivity index (χ0) is 14.5. The van der Waals surface area contributed by atoms with E-state index >= 15 is 0 Å². The largest absolute Gasteiger partial charge is 0.488 e. The summed E-state index contributed by atoms with van der Waals surface area (Å²) in [4.78, 5) is 2.42. The Morgan fingerprint density at radius 1 is 1.30 bits per heavy atom. The Morgan fingerprint density at radius 3 is 2.50 bits per heavy atom. The van der Waals surface area contributed by atoms with Crippen molar-refractivity contribution < 1.29 is 4.74 Å². The van der Waals surface area contributed by atoms with Crippen molar-refractivity contribution in [2.45, 2.75) is 58.0 Å². The third kappa shape index (κ3) is 1.91. The van der Waals surface area contributed by atoms with Crippen molar-refractivity contribution in [3.8, 4) is 0 Å². The Kier molecular flexibility index (Phi) is 3.20. The van der Waals surface area contributed by atoms with Crippen LogP contribution >= 0.6 is 0 Å². The lowest BCUT2D eigenvalue weighted by Crippen LogP contribution is -2.34. The molecular weight excluding hydrogens is 248 g/mol. The zero-order valence-electron chi connectivity index (χ0n) is 12.7. The van der Waals surface area contributed by atoms with Crippen molar-refractivity contribution in [3.63, 3.8) is 0 Å². The van der Waals surface area contributed by atoms with Crippen LogP contribution in [0.4, 0.5) is 0 Å². The summed E-state index contributed by atoms with van der Waals surface area (Å²) in [5.74, 6) is 0.812. The van der Waals surface area contributed by atoms with Gasteiger partial charge >= 0.3 is 0 Å². The highest BCUT2D eigenvalue weighted by atomic mass is 16.5. The Morgan fingerprint density at radius 2 is 1.95 bits per heavy atom. The molecule has 1 aliphatic carbocycles. The van der Waals surface area contributed by atoms with Gasteiger partial charge in [0.1, 0.15) is 12.4 Å². The van der Waals surface area contributed by atoms with Gasteiger partial charge in [-0.05, 0) is 46.0 Å². The van der Waals surface area contributed by atoms with Gasteiger partial charge in [-0.1, -0.05) is 13.2 Å². The van der Waals surface area contributed by atoms with E-state index in [0.717, 1.165) is 18.6 Å². The summed E-state index contributed by atoms with van der Waals surface area (Å²) in [5, 5.41) is 0. The molecule has 0 bridgehead atoms. The predicted molar refractivity (Wildman–Crippen MR) is 81.7 cm³/mol. The summed E-state index contributed by atoms with van der Waals surface area (Å²) < 4.78 is 5.61. The summed E-state index contributed by atoms with van der Waals surface area (Å²) in [5.41, 5.74) is 10.1. The minimum absolute atomic E-state index is 0.270. The fraction of sp³-hybridized carbons (Fsp3) is 0.647. The number of ether oxygens (including phenoxy) is 1. The first-order valence-electron chi connectivity index (χ1n) is 7.70. The quantitative estimate of drug-likeness (QED) is 0.797. The molecule has 3 heteroatoms. The van der Waals surface area contributed by atoms with Crippen LogP contribution in [0, 0.1) is 5.41 Å². The molecule has 1 spiro atoms. The molecule has 0 aromatic carbocycles. The second-order valence-corrected chi connectivity index (χ2v) is 6.77. The molecule has 0 aromatic rings. The maximum absolute atomic E-state index is 6.08. The molecule has 0 amide bonds. The monoisotopic (exact) mass is 274 g/mol. The number of likely N-dealkylation sites (tertiary alicyclic amines) is 1. The van der Waals surface area contributed by atoms with Gasteiger partial charge in [-0.15, -0.1) is 0 Å². The van der Waals surface area contributed by atoms with Crippen molar-refractivity contribution >= 4 is 0 Å². The van der Waals surface area contributed by atoms with Crippen LogP contribution in [0.15, 0.2) is 35.9 Å². The van der Waals surface area contributed by atoms with E-state index in [1.165, 1.54) is 36.2 Å². The number of nitrogens with zero attached hydrogens (tertiary/aromatic N) is 1. The van der Waals surface area contributed by atoms with Crippen LogP contribution in [-0.2, 0) is 4.74 Å². The summed E-state index contributed by atoms with van der Waals surface area (Å²) in [7, 11) is 0. The second-order valence-electron chi connectivity index (χ2n) is 6.77. The molecule has 0 unspecified atom stereocenters. The lowest BCUT2D eigenvalue weighted by molar-refractivity contribution is 0.221. The Balaban J connectivity index is 1.88. The standard InChI is InChI=1S/C17H26N2O/c1-11-9-17(7-5-15(18)6-8-17)14(4)19(11)16-10-20-13(3)12(16)2/h11,15H,3-10,18H2,1-2H3/t11-,15?,17?/m0/s1. The number of allylic oxidation sites excluding steroid dienone is 2. The van der Waals surface area contributed by atoms with Crippen LogP contribution in [0.1, 0.15) is 46.0 Å². The minimum atomic E-state index is 0.270. The van der Waals surface area contributed by atoms with Crippen molar-refractivity contribution in [2.75, 3.05) is 6.61 Å². The maximum atomic E-state index is 6.08. The number of hydrogen-bond donors (Lipinski definition) is 1. The van der Waals surface area contributed by atoms with Crippen LogP contribution in [-0.4, -0.2) is 23.6 Å². The van der Waals surface area contributed by atoms with Crippen molar-refractivity contribution in [1.29, 1.82) is 0 Å². The molecule has 2 aliphatic heterocycles. The molecule has 3 aliphatic rings. The first-order chi connectivity index (χ1) is 9.44. The Bertz CT molecular complexity index is 483. The smallest absolute Gasteiger partial charge is 0.129 e. The van der Waals surface area contributed by atoms with Crippen LogP contribution in [0.5, 0.6) is 0 Å². The molecule has 2 fully saturated rings. The first-order valence-corrected chi connectivity index (χ1v) is 7.70. The molecule has 1 atom stereocenters. The summed E-state index contributed by atoms with van der Waals surface area (Å²) in [6, 6.07) is 0.879. The van der Waals surface area contributed by atoms with Gasteiger partial charge < -0.3 is 15.4 Å². The molecule has 2 N–H and O–H groups in total. The van der Waals surface area contributed by atoms with Crippen molar-refractivity contribution in [3.05, 3.63) is 35.9 Å². The summed E-state index contributed by atoms with van der Waals surface area (Å²) in [6.07, 6.45) is 5.81. The van der Waals surface area contributed by atoms with Crippen LogP contribution < -0.4 is 5.73 Å². The van der Waals surface area contributed by atoms with Gasteiger partial charge in [0, 0.05) is 28.8 Å². The lowest BCUT2D eigenvalue weighted by atomic mass is 9.70. The fourth-order valence-electron chi connectivity index (χ4n) is 4.19. The molecule has 2 heterocycles. The predicted octanol–water partition coefficient (Wildman–Crippen LogP) is 3.30. The molecular formula is C17H26N2O. The van der Waals surface area contributed by atoms with Crippen LogP contribution in [0.25, 0.3) is 0 Å². The van der Waals surface area contributed by atoms with E-state index in [4.69, 9.17) is 10.5 Å². The van der Waals surface area contributed by atoms with Gasteiger partial charge in [0.25, 0.3) is 0 Å². The molecule has 1 saturated carbocycles. The molecule has 20 heavy (non-hydrogen) atoms. The van der Waals surface area contributed by atoms with Crippen molar-refractivity contribution in [1.82, 2.24) is 4.90 Å². The van der Waals surface area contributed by atoms with Gasteiger partial charge in [-0.3, -0.25) is 0 Å². The number of nitrogens with two attached hydrogens (primary N) is 1. The number of hydrogen-bond acceptors (Lipinski definition) is 3. The van der Waals surface area contributed by atoms with Gasteiger partial charge in [0.05, 0.1) is 5.70 Å². The van der Waals surface area contributed by atoms with Crippen LogP contribution in [0.2, 0.25) is 0 Å². The average molecular weight is 274 g/mol. The molecule has 3 nitrogen and oxygen atoms in total. The lowest BCUT2D eigenvalue weighted by Gasteiger charge is -2.38. The third-order valence-corrected chi connectivity index (χ3v) is 5.54. The van der Waals surface area contributed by atoms with Crippen LogP contribution in [0.3, 0.4) is 0 Å². The molecule has 1 saturated heterocycles. The van der Waals surface area contributed by atoms with E-state index in [1.54, 1.807) is 0 Å². The van der Waals surface area contributed by atoms with E-state index in [-0.39, 0.29) is 5.41 Å².